The lowest BCUT2D eigenvalue weighted by atomic mass is 10.2. The Morgan fingerprint density at radius 2 is 2.43 bits per heavy atom. The quantitative estimate of drug-likeness (QED) is 0.831. The monoisotopic (exact) mass is 253 g/mol. The van der Waals surface area contributed by atoms with Gasteiger partial charge in [-0.1, -0.05) is 0 Å². The molecule has 0 aromatic carbocycles. The van der Waals surface area contributed by atoms with E-state index >= 15 is 0 Å². The van der Waals surface area contributed by atoms with E-state index in [0.29, 0.717) is 6.54 Å². The van der Waals surface area contributed by atoms with Crippen LogP contribution in [-0.4, -0.2) is 18.6 Å². The summed E-state index contributed by atoms with van der Waals surface area (Å²) in [5.74, 6) is 0.878. The highest BCUT2D eigenvalue weighted by molar-refractivity contribution is 9.10. The maximum atomic E-state index is 8.69. The van der Waals surface area contributed by atoms with Gasteiger partial charge in [-0.05, 0) is 35.0 Å². The van der Waals surface area contributed by atoms with E-state index in [0.717, 1.165) is 10.3 Å². The molecule has 0 spiro atoms. The minimum atomic E-state index is 0.00825. The molecule has 1 aromatic rings. The van der Waals surface area contributed by atoms with Crippen molar-refractivity contribution in [2.75, 3.05) is 18.5 Å². The second-order valence-electron chi connectivity index (χ2n) is 3.22. The van der Waals surface area contributed by atoms with Crippen molar-refractivity contribution in [3.8, 4) is 6.07 Å². The van der Waals surface area contributed by atoms with E-state index in [4.69, 9.17) is 5.26 Å². The summed E-state index contributed by atoms with van der Waals surface area (Å²) in [6, 6.07) is 6.01. The zero-order valence-electron chi connectivity index (χ0n) is 8.24. The van der Waals surface area contributed by atoms with Crippen molar-refractivity contribution in [3.05, 3.63) is 22.8 Å². The van der Waals surface area contributed by atoms with Gasteiger partial charge < -0.3 is 4.90 Å². The maximum Gasteiger partial charge on any atom is 0.142 e. The molecule has 14 heavy (non-hydrogen) atoms. The SMILES string of the molecule is CC(C#N)CN(C)c1ncccc1Br. The van der Waals surface area contributed by atoms with Gasteiger partial charge in [0, 0.05) is 19.8 Å². The third-order valence-corrected chi connectivity index (χ3v) is 2.49. The number of halogens is 1. The summed E-state index contributed by atoms with van der Waals surface area (Å²) in [4.78, 5) is 6.21. The molecule has 0 fully saturated rings. The largest absolute Gasteiger partial charge is 0.357 e. The van der Waals surface area contributed by atoms with Gasteiger partial charge in [0.25, 0.3) is 0 Å². The van der Waals surface area contributed by atoms with Gasteiger partial charge in [-0.2, -0.15) is 5.26 Å². The Morgan fingerprint density at radius 3 is 3.00 bits per heavy atom. The van der Waals surface area contributed by atoms with Crippen molar-refractivity contribution < 1.29 is 0 Å². The fourth-order valence-electron chi connectivity index (χ4n) is 1.20. The predicted octanol–water partition coefficient (Wildman–Crippen LogP) is 2.44. The molecule has 3 nitrogen and oxygen atoms in total. The Bertz CT molecular complexity index is 345. The van der Waals surface area contributed by atoms with Crippen LogP contribution in [0.3, 0.4) is 0 Å². The lowest BCUT2D eigenvalue weighted by molar-refractivity contribution is 0.709. The summed E-state index contributed by atoms with van der Waals surface area (Å²) < 4.78 is 0.952. The lowest BCUT2D eigenvalue weighted by Gasteiger charge is -2.20. The highest BCUT2D eigenvalue weighted by Gasteiger charge is 2.09. The normalized spacial score (nSPS) is 11.9. The summed E-state index contributed by atoms with van der Waals surface area (Å²) in [5, 5.41) is 8.69. The van der Waals surface area contributed by atoms with Crippen LogP contribution < -0.4 is 4.90 Å². The number of hydrogen-bond acceptors (Lipinski definition) is 3. The van der Waals surface area contributed by atoms with Crippen LogP contribution in [0.25, 0.3) is 0 Å². The highest BCUT2D eigenvalue weighted by atomic mass is 79.9. The molecule has 0 aliphatic heterocycles. The predicted molar refractivity (Wildman–Crippen MR) is 60.0 cm³/mol. The van der Waals surface area contributed by atoms with E-state index in [1.54, 1.807) is 6.20 Å². The zero-order chi connectivity index (χ0) is 10.6. The van der Waals surface area contributed by atoms with Crippen molar-refractivity contribution in [2.45, 2.75) is 6.92 Å². The first kappa shape index (κ1) is 11.0. The fourth-order valence-corrected chi connectivity index (χ4v) is 1.75. The first-order valence-corrected chi connectivity index (χ1v) is 5.15. The molecule has 0 radical (unpaired) electrons. The molecule has 74 valence electrons. The van der Waals surface area contributed by atoms with E-state index < -0.39 is 0 Å². The summed E-state index contributed by atoms with van der Waals surface area (Å²) in [6.45, 7) is 2.58. The number of anilines is 1. The lowest BCUT2D eigenvalue weighted by Crippen LogP contribution is -2.24. The molecule has 1 atom stereocenters. The molecule has 0 saturated heterocycles. The molecular weight excluding hydrogens is 242 g/mol. The summed E-state index contributed by atoms with van der Waals surface area (Å²) in [7, 11) is 1.93. The smallest absolute Gasteiger partial charge is 0.142 e. The molecule has 1 heterocycles. The maximum absolute atomic E-state index is 8.69. The first-order chi connectivity index (χ1) is 6.65. The van der Waals surface area contributed by atoms with Crippen LogP contribution in [0.1, 0.15) is 6.92 Å². The van der Waals surface area contributed by atoms with Gasteiger partial charge in [-0.25, -0.2) is 4.98 Å². The van der Waals surface area contributed by atoms with Gasteiger partial charge in [0.2, 0.25) is 0 Å². The molecular formula is C10H12BrN3. The van der Waals surface area contributed by atoms with Gasteiger partial charge in [-0.15, -0.1) is 0 Å². The summed E-state index contributed by atoms with van der Waals surface area (Å²) >= 11 is 3.42. The molecule has 0 amide bonds. The number of nitriles is 1. The second kappa shape index (κ2) is 4.97. The topological polar surface area (TPSA) is 39.9 Å². The van der Waals surface area contributed by atoms with Crippen molar-refractivity contribution in [2.24, 2.45) is 5.92 Å². The van der Waals surface area contributed by atoms with E-state index in [-0.39, 0.29) is 5.92 Å². The highest BCUT2D eigenvalue weighted by Crippen LogP contribution is 2.22. The number of hydrogen-bond donors (Lipinski definition) is 0. The Morgan fingerprint density at radius 1 is 1.71 bits per heavy atom. The van der Waals surface area contributed by atoms with Crippen LogP contribution in [0.2, 0.25) is 0 Å². The van der Waals surface area contributed by atoms with Crippen LogP contribution in [0, 0.1) is 17.2 Å². The van der Waals surface area contributed by atoms with Crippen LogP contribution in [-0.2, 0) is 0 Å². The van der Waals surface area contributed by atoms with E-state index in [2.05, 4.69) is 27.0 Å². The molecule has 1 unspecified atom stereocenters. The molecule has 4 heteroatoms. The van der Waals surface area contributed by atoms with Crippen molar-refractivity contribution in [3.63, 3.8) is 0 Å². The van der Waals surface area contributed by atoms with Gasteiger partial charge in [0.05, 0.1) is 16.5 Å². The average molecular weight is 254 g/mol. The Labute approximate surface area is 92.5 Å². The molecule has 0 N–H and O–H groups in total. The average Bonchev–Trinajstić information content (AvgIpc) is 2.18. The second-order valence-corrected chi connectivity index (χ2v) is 4.07. The Balaban J connectivity index is 2.75. The van der Waals surface area contributed by atoms with Crippen LogP contribution in [0.5, 0.6) is 0 Å². The van der Waals surface area contributed by atoms with Crippen LogP contribution in [0.15, 0.2) is 22.8 Å². The molecule has 0 saturated carbocycles. The molecule has 0 aliphatic rings. The molecule has 0 bridgehead atoms. The first-order valence-electron chi connectivity index (χ1n) is 4.36. The summed E-state index contributed by atoms with van der Waals surface area (Å²) in [6.07, 6.45) is 1.74. The number of pyridine rings is 1. The standard InChI is InChI=1S/C10H12BrN3/c1-8(6-12)7-14(2)10-9(11)4-3-5-13-10/h3-5,8H,7H2,1-2H3. The van der Waals surface area contributed by atoms with Crippen LogP contribution >= 0.6 is 15.9 Å². The number of aromatic nitrogens is 1. The van der Waals surface area contributed by atoms with Gasteiger partial charge >= 0.3 is 0 Å². The Kier molecular flexibility index (Phi) is 3.90. The van der Waals surface area contributed by atoms with Gasteiger partial charge in [-0.3, -0.25) is 0 Å². The van der Waals surface area contributed by atoms with E-state index in [1.807, 2.05) is 31.0 Å². The third-order valence-electron chi connectivity index (χ3n) is 1.87. The fraction of sp³-hybridized carbons (Fsp3) is 0.400. The van der Waals surface area contributed by atoms with Crippen molar-refractivity contribution in [1.82, 2.24) is 4.98 Å². The van der Waals surface area contributed by atoms with Crippen molar-refractivity contribution in [1.29, 1.82) is 5.26 Å². The number of rotatable bonds is 3. The minimum absolute atomic E-state index is 0.00825. The molecule has 1 aromatic heterocycles. The zero-order valence-corrected chi connectivity index (χ0v) is 9.82. The van der Waals surface area contributed by atoms with E-state index in [1.165, 1.54) is 0 Å². The Hall–Kier alpha value is -1.08. The van der Waals surface area contributed by atoms with E-state index in [9.17, 15) is 0 Å². The van der Waals surface area contributed by atoms with Gasteiger partial charge in [0.1, 0.15) is 5.82 Å². The summed E-state index contributed by atoms with van der Waals surface area (Å²) in [5.41, 5.74) is 0. The minimum Gasteiger partial charge on any atom is -0.357 e. The number of nitrogens with zero attached hydrogens (tertiary/aromatic N) is 3. The van der Waals surface area contributed by atoms with Crippen molar-refractivity contribution >= 4 is 21.7 Å². The van der Waals surface area contributed by atoms with Crippen LogP contribution in [0.4, 0.5) is 5.82 Å². The van der Waals surface area contributed by atoms with Gasteiger partial charge in [0.15, 0.2) is 0 Å². The third kappa shape index (κ3) is 2.71. The molecule has 0 aliphatic carbocycles. The molecule has 1 rings (SSSR count).